The number of nitrogen functional groups attached to an aromatic ring is 1. The van der Waals surface area contributed by atoms with Crippen molar-refractivity contribution in [2.75, 3.05) is 5.73 Å². The Morgan fingerprint density at radius 3 is 2.54 bits per heavy atom. The van der Waals surface area contributed by atoms with Gasteiger partial charge in [0.25, 0.3) is 0 Å². The molecule has 1 aromatic carbocycles. The fourth-order valence-corrected chi connectivity index (χ4v) is 1.49. The zero-order chi connectivity index (χ0) is 10.0. The number of hydrogen-bond acceptors (Lipinski definition) is 3. The van der Waals surface area contributed by atoms with Gasteiger partial charge in [0.15, 0.2) is 0 Å². The van der Waals surface area contributed by atoms with Crippen LogP contribution in [0.15, 0.2) is 22.7 Å². The molecule has 0 saturated heterocycles. The van der Waals surface area contributed by atoms with Gasteiger partial charge in [0.1, 0.15) is 0 Å². The Labute approximate surface area is 85.9 Å². The summed E-state index contributed by atoms with van der Waals surface area (Å²) in [5.41, 5.74) is 12.9. The number of hydrogen-bond donors (Lipinski definition) is 3. The van der Waals surface area contributed by atoms with Crippen molar-refractivity contribution < 1.29 is 5.11 Å². The highest BCUT2D eigenvalue weighted by Crippen LogP contribution is 2.24. The zero-order valence-corrected chi connectivity index (χ0v) is 8.95. The highest BCUT2D eigenvalue weighted by atomic mass is 79.9. The molecule has 0 aliphatic heterocycles. The van der Waals surface area contributed by atoms with E-state index in [-0.39, 0.29) is 0 Å². The molecule has 13 heavy (non-hydrogen) atoms. The van der Waals surface area contributed by atoms with Crippen LogP contribution in [0, 0.1) is 0 Å². The lowest BCUT2D eigenvalue weighted by Crippen LogP contribution is -2.24. The monoisotopic (exact) mass is 244 g/mol. The third kappa shape index (κ3) is 2.43. The van der Waals surface area contributed by atoms with Gasteiger partial charge < -0.3 is 16.6 Å². The van der Waals surface area contributed by atoms with Gasteiger partial charge in [-0.3, -0.25) is 0 Å². The molecule has 0 aliphatic rings. The Morgan fingerprint density at radius 1 is 1.46 bits per heavy atom. The summed E-state index contributed by atoms with van der Waals surface area (Å²) >= 11 is 3.30. The van der Waals surface area contributed by atoms with Crippen LogP contribution < -0.4 is 11.5 Å². The van der Waals surface area contributed by atoms with Crippen molar-refractivity contribution in [3.8, 4) is 0 Å². The number of anilines is 1. The van der Waals surface area contributed by atoms with Crippen LogP contribution in [0.5, 0.6) is 0 Å². The molecule has 0 heterocycles. The fraction of sp³-hybridized carbons (Fsp3) is 0.333. The summed E-state index contributed by atoms with van der Waals surface area (Å²) in [6.45, 7) is 1.64. The second-order valence-corrected chi connectivity index (χ2v) is 3.96. The van der Waals surface area contributed by atoms with Crippen molar-refractivity contribution >= 4 is 21.6 Å². The predicted molar refractivity (Wildman–Crippen MR) is 57.2 cm³/mol. The maximum Gasteiger partial charge on any atom is 0.0705 e. The average molecular weight is 245 g/mol. The van der Waals surface area contributed by atoms with Crippen molar-refractivity contribution in [1.82, 2.24) is 0 Å². The Morgan fingerprint density at radius 2 is 2.08 bits per heavy atom. The number of rotatable bonds is 2. The van der Waals surface area contributed by atoms with E-state index >= 15 is 0 Å². The maximum absolute atomic E-state index is 9.28. The number of nitrogens with two attached hydrogens (primary N) is 2. The number of benzene rings is 1. The molecule has 4 heteroatoms. The number of aliphatic hydroxyl groups is 1. The molecule has 3 nitrogen and oxygen atoms in total. The van der Waals surface area contributed by atoms with Gasteiger partial charge in [0, 0.05) is 10.2 Å². The molecule has 0 spiro atoms. The molecule has 1 rings (SSSR count). The van der Waals surface area contributed by atoms with Gasteiger partial charge >= 0.3 is 0 Å². The third-order valence-electron chi connectivity index (χ3n) is 1.93. The summed E-state index contributed by atoms with van der Waals surface area (Å²) in [6.07, 6.45) is -0.594. The quantitative estimate of drug-likeness (QED) is 0.690. The summed E-state index contributed by atoms with van der Waals surface area (Å²) < 4.78 is 0.909. The van der Waals surface area contributed by atoms with E-state index in [0.29, 0.717) is 5.69 Å². The number of aliphatic hydroxyl groups excluding tert-OH is 1. The SMILES string of the molecule is C[C@@H](O)[C@@H](N)c1ccc(Br)cc1N. The van der Waals surface area contributed by atoms with Crippen LogP contribution in [-0.2, 0) is 0 Å². The normalized spacial score (nSPS) is 15.4. The predicted octanol–water partition coefficient (Wildman–Crippen LogP) is 1.41. The number of halogens is 1. The largest absolute Gasteiger partial charge is 0.398 e. The van der Waals surface area contributed by atoms with Crippen molar-refractivity contribution in [2.45, 2.75) is 19.1 Å². The van der Waals surface area contributed by atoms with Crippen LogP contribution >= 0.6 is 15.9 Å². The summed E-state index contributed by atoms with van der Waals surface area (Å²) in [5.74, 6) is 0. The minimum Gasteiger partial charge on any atom is -0.398 e. The first-order valence-electron chi connectivity index (χ1n) is 4.01. The summed E-state index contributed by atoms with van der Waals surface area (Å²) in [5, 5.41) is 9.28. The van der Waals surface area contributed by atoms with Crippen LogP contribution in [0.4, 0.5) is 5.69 Å². The van der Waals surface area contributed by atoms with Gasteiger partial charge in [-0.25, -0.2) is 0 Å². The smallest absolute Gasteiger partial charge is 0.0705 e. The van der Waals surface area contributed by atoms with Crippen molar-refractivity contribution in [3.05, 3.63) is 28.2 Å². The highest BCUT2D eigenvalue weighted by Gasteiger charge is 2.14. The highest BCUT2D eigenvalue weighted by molar-refractivity contribution is 9.10. The fourth-order valence-electron chi connectivity index (χ4n) is 1.11. The molecule has 72 valence electrons. The molecule has 1 aromatic rings. The Balaban J connectivity index is 3.01. The molecule has 5 N–H and O–H groups in total. The molecule has 0 aliphatic carbocycles. The first kappa shape index (κ1) is 10.5. The standard InChI is InChI=1S/C9H13BrN2O/c1-5(13)9(12)7-3-2-6(10)4-8(7)11/h2-5,9,13H,11-12H2,1H3/t5-,9-/m1/s1. The Bertz CT molecular complexity index is 302. The van der Waals surface area contributed by atoms with Crippen LogP contribution in [0.2, 0.25) is 0 Å². The molecule has 0 aromatic heterocycles. The van der Waals surface area contributed by atoms with E-state index in [0.717, 1.165) is 10.0 Å². The van der Waals surface area contributed by atoms with Gasteiger partial charge in [-0.05, 0) is 24.6 Å². The van der Waals surface area contributed by atoms with Gasteiger partial charge in [-0.1, -0.05) is 22.0 Å². The van der Waals surface area contributed by atoms with Gasteiger partial charge in [0.2, 0.25) is 0 Å². The topological polar surface area (TPSA) is 72.3 Å². The average Bonchev–Trinajstić information content (AvgIpc) is 2.03. The van der Waals surface area contributed by atoms with Crippen molar-refractivity contribution in [3.63, 3.8) is 0 Å². The minimum atomic E-state index is -0.594. The Kier molecular flexibility index (Phi) is 3.30. The molecule has 0 saturated carbocycles. The second kappa shape index (κ2) is 4.09. The first-order valence-corrected chi connectivity index (χ1v) is 4.80. The molecule has 0 fully saturated rings. The molecular weight excluding hydrogens is 232 g/mol. The summed E-state index contributed by atoms with van der Waals surface area (Å²) in [6, 6.07) is 5.02. The minimum absolute atomic E-state index is 0.423. The molecule has 0 amide bonds. The van der Waals surface area contributed by atoms with Gasteiger partial charge in [-0.15, -0.1) is 0 Å². The van der Waals surface area contributed by atoms with E-state index in [4.69, 9.17) is 11.5 Å². The summed E-state index contributed by atoms with van der Waals surface area (Å²) in [7, 11) is 0. The van der Waals surface area contributed by atoms with E-state index in [1.54, 1.807) is 13.0 Å². The van der Waals surface area contributed by atoms with Gasteiger partial charge in [0.05, 0.1) is 12.1 Å². The molecule has 2 atom stereocenters. The van der Waals surface area contributed by atoms with Crippen molar-refractivity contribution in [2.24, 2.45) is 5.73 Å². The Hall–Kier alpha value is -0.580. The maximum atomic E-state index is 9.28. The lowest BCUT2D eigenvalue weighted by Gasteiger charge is -2.17. The van der Waals surface area contributed by atoms with Crippen LogP contribution in [-0.4, -0.2) is 11.2 Å². The van der Waals surface area contributed by atoms with E-state index in [9.17, 15) is 5.11 Å². The molecule has 0 radical (unpaired) electrons. The van der Waals surface area contributed by atoms with E-state index in [2.05, 4.69) is 15.9 Å². The lowest BCUT2D eigenvalue weighted by atomic mass is 10.0. The summed E-state index contributed by atoms with van der Waals surface area (Å²) in [4.78, 5) is 0. The third-order valence-corrected chi connectivity index (χ3v) is 2.42. The van der Waals surface area contributed by atoms with Crippen LogP contribution in [0.3, 0.4) is 0 Å². The lowest BCUT2D eigenvalue weighted by molar-refractivity contribution is 0.164. The van der Waals surface area contributed by atoms with Crippen LogP contribution in [0.25, 0.3) is 0 Å². The molecular formula is C9H13BrN2O. The van der Waals surface area contributed by atoms with Crippen molar-refractivity contribution in [1.29, 1.82) is 0 Å². The second-order valence-electron chi connectivity index (χ2n) is 3.04. The zero-order valence-electron chi connectivity index (χ0n) is 7.37. The van der Waals surface area contributed by atoms with Crippen LogP contribution in [0.1, 0.15) is 18.5 Å². The van der Waals surface area contributed by atoms with E-state index in [1.165, 1.54) is 0 Å². The van der Waals surface area contributed by atoms with E-state index in [1.807, 2.05) is 12.1 Å². The first-order chi connectivity index (χ1) is 6.02. The van der Waals surface area contributed by atoms with E-state index < -0.39 is 12.1 Å². The van der Waals surface area contributed by atoms with Gasteiger partial charge in [-0.2, -0.15) is 0 Å². The molecule has 0 unspecified atom stereocenters. The molecule has 0 bridgehead atoms.